The zero-order valence-corrected chi connectivity index (χ0v) is 11.2. The fourth-order valence-electron chi connectivity index (χ4n) is 2.34. The molecular formula is C10H21NO3S. The lowest BCUT2D eigenvalue weighted by Crippen LogP contribution is -2.55. The van der Waals surface area contributed by atoms with Gasteiger partial charge in [-0.05, 0) is 10.8 Å². The number of nitrogens with one attached hydrogen (secondary N) is 1. The van der Waals surface area contributed by atoms with Gasteiger partial charge in [0.25, 0.3) is 0 Å². The monoisotopic (exact) mass is 235 g/mol. The molecule has 1 saturated heterocycles. The Bertz CT molecular complexity index is 332. The summed E-state index contributed by atoms with van der Waals surface area (Å²) in [7, 11) is -3.57. The van der Waals surface area contributed by atoms with Crippen molar-refractivity contribution in [1.29, 1.82) is 0 Å². The molecule has 0 spiro atoms. The van der Waals surface area contributed by atoms with Crippen molar-refractivity contribution in [3.8, 4) is 0 Å². The third kappa shape index (κ3) is 2.05. The maximum absolute atomic E-state index is 11.4. The topological polar surface area (TPSA) is 55.4 Å². The molecule has 0 amide bonds. The van der Waals surface area contributed by atoms with Crippen LogP contribution in [0.25, 0.3) is 0 Å². The molecule has 15 heavy (non-hydrogen) atoms. The van der Waals surface area contributed by atoms with Crippen molar-refractivity contribution in [2.24, 2.45) is 10.8 Å². The Morgan fingerprint density at radius 1 is 1.07 bits per heavy atom. The van der Waals surface area contributed by atoms with Crippen molar-refractivity contribution in [2.45, 2.75) is 47.1 Å². The van der Waals surface area contributed by atoms with E-state index in [9.17, 15) is 8.42 Å². The van der Waals surface area contributed by atoms with E-state index < -0.39 is 15.9 Å². The molecule has 1 aliphatic heterocycles. The summed E-state index contributed by atoms with van der Waals surface area (Å²) in [5.41, 5.74) is -1.19. The van der Waals surface area contributed by atoms with Crippen LogP contribution in [-0.4, -0.2) is 20.6 Å². The molecule has 1 heterocycles. The fourth-order valence-corrected chi connectivity index (χ4v) is 3.71. The highest BCUT2D eigenvalue weighted by atomic mass is 32.2. The van der Waals surface area contributed by atoms with Gasteiger partial charge < -0.3 is 0 Å². The molecular weight excluding hydrogens is 214 g/mol. The molecule has 0 bridgehead atoms. The van der Waals surface area contributed by atoms with Crippen molar-refractivity contribution >= 4 is 10.3 Å². The van der Waals surface area contributed by atoms with Crippen LogP contribution in [0.1, 0.15) is 41.5 Å². The fraction of sp³-hybridized carbons (Fsp3) is 1.00. The predicted molar refractivity (Wildman–Crippen MR) is 59.6 cm³/mol. The SMILES string of the molecule is CC(C)(C)C1(C(C)(C)C)CNS(=O)(=O)O1. The molecule has 1 rings (SSSR count). The Balaban J connectivity index is 3.25. The van der Waals surface area contributed by atoms with Gasteiger partial charge in [0.15, 0.2) is 0 Å². The third-order valence-corrected chi connectivity index (χ3v) is 4.17. The second kappa shape index (κ2) is 3.18. The Labute approximate surface area is 92.7 Å². The molecule has 1 N–H and O–H groups in total. The van der Waals surface area contributed by atoms with Gasteiger partial charge in [0.05, 0.1) is 0 Å². The van der Waals surface area contributed by atoms with E-state index >= 15 is 0 Å². The molecule has 1 aliphatic rings. The van der Waals surface area contributed by atoms with Gasteiger partial charge in [0.2, 0.25) is 0 Å². The normalized spacial score (nSPS) is 25.5. The molecule has 0 unspecified atom stereocenters. The van der Waals surface area contributed by atoms with Crippen LogP contribution in [0.2, 0.25) is 0 Å². The van der Waals surface area contributed by atoms with Gasteiger partial charge >= 0.3 is 10.3 Å². The summed E-state index contributed by atoms with van der Waals surface area (Å²) in [6.45, 7) is 12.3. The first-order chi connectivity index (χ1) is 6.41. The molecule has 0 aromatic heterocycles. The van der Waals surface area contributed by atoms with Gasteiger partial charge in [-0.25, -0.2) is 4.18 Å². The van der Waals surface area contributed by atoms with Crippen LogP contribution in [0.3, 0.4) is 0 Å². The summed E-state index contributed by atoms with van der Waals surface area (Å²) in [5.74, 6) is 0. The summed E-state index contributed by atoms with van der Waals surface area (Å²) < 4.78 is 30.6. The molecule has 0 aromatic rings. The van der Waals surface area contributed by atoms with E-state index in [0.29, 0.717) is 6.54 Å². The van der Waals surface area contributed by atoms with Crippen LogP contribution in [0.5, 0.6) is 0 Å². The van der Waals surface area contributed by atoms with E-state index in [0.717, 1.165) is 0 Å². The maximum Gasteiger partial charge on any atom is 0.336 e. The molecule has 0 aromatic carbocycles. The standard InChI is InChI=1S/C10H21NO3S/c1-8(2,3)10(9(4,5)6)7-11-15(12,13)14-10/h11H,7H2,1-6H3. The summed E-state index contributed by atoms with van der Waals surface area (Å²) in [4.78, 5) is 0. The van der Waals surface area contributed by atoms with Crippen LogP contribution in [0.15, 0.2) is 0 Å². The van der Waals surface area contributed by atoms with Crippen molar-refractivity contribution in [2.75, 3.05) is 6.54 Å². The minimum Gasteiger partial charge on any atom is -0.249 e. The third-order valence-electron chi connectivity index (χ3n) is 3.17. The Kier molecular flexibility index (Phi) is 2.74. The molecule has 1 fully saturated rings. The minimum absolute atomic E-state index is 0.248. The Hall–Kier alpha value is -0.130. The summed E-state index contributed by atoms with van der Waals surface area (Å²) in [6, 6.07) is 0. The molecule has 4 nitrogen and oxygen atoms in total. The number of hydrogen-bond donors (Lipinski definition) is 1. The molecule has 0 radical (unpaired) electrons. The smallest absolute Gasteiger partial charge is 0.249 e. The van der Waals surface area contributed by atoms with E-state index in [1.54, 1.807) is 0 Å². The number of rotatable bonds is 0. The van der Waals surface area contributed by atoms with Crippen molar-refractivity contribution in [1.82, 2.24) is 4.72 Å². The second-order valence-corrected chi connectivity index (χ2v) is 7.55. The molecule has 0 saturated carbocycles. The van der Waals surface area contributed by atoms with E-state index in [1.807, 2.05) is 41.5 Å². The first-order valence-electron chi connectivity index (χ1n) is 5.12. The average Bonchev–Trinajstić information content (AvgIpc) is 2.23. The van der Waals surface area contributed by atoms with E-state index in [2.05, 4.69) is 4.72 Å². The van der Waals surface area contributed by atoms with Gasteiger partial charge in [-0.2, -0.15) is 13.1 Å². The zero-order valence-electron chi connectivity index (χ0n) is 10.3. The summed E-state index contributed by atoms with van der Waals surface area (Å²) in [5, 5.41) is 0. The highest BCUT2D eigenvalue weighted by molar-refractivity contribution is 7.85. The summed E-state index contributed by atoms with van der Waals surface area (Å²) >= 11 is 0. The van der Waals surface area contributed by atoms with Gasteiger partial charge in [-0.15, -0.1) is 0 Å². The second-order valence-electron chi connectivity index (χ2n) is 6.19. The highest BCUT2D eigenvalue weighted by Crippen LogP contribution is 2.49. The first-order valence-corrected chi connectivity index (χ1v) is 6.52. The number of hydrogen-bond acceptors (Lipinski definition) is 3. The van der Waals surface area contributed by atoms with Gasteiger partial charge in [-0.3, -0.25) is 0 Å². The van der Waals surface area contributed by atoms with Gasteiger partial charge in [-0.1, -0.05) is 41.5 Å². The molecule has 0 atom stereocenters. The lowest BCUT2D eigenvalue weighted by molar-refractivity contribution is -0.0889. The molecule has 5 heteroatoms. The van der Waals surface area contributed by atoms with Crippen LogP contribution >= 0.6 is 0 Å². The highest BCUT2D eigenvalue weighted by Gasteiger charge is 2.58. The average molecular weight is 235 g/mol. The summed E-state index contributed by atoms with van der Waals surface area (Å²) in [6.07, 6.45) is 0. The molecule has 0 aliphatic carbocycles. The maximum atomic E-state index is 11.4. The van der Waals surface area contributed by atoms with E-state index in [1.165, 1.54) is 0 Å². The van der Waals surface area contributed by atoms with Crippen LogP contribution in [0, 0.1) is 10.8 Å². The van der Waals surface area contributed by atoms with Gasteiger partial charge in [0.1, 0.15) is 5.60 Å². The first kappa shape index (κ1) is 12.9. The van der Waals surface area contributed by atoms with Crippen LogP contribution < -0.4 is 4.72 Å². The quantitative estimate of drug-likeness (QED) is 0.695. The molecule has 90 valence electrons. The van der Waals surface area contributed by atoms with Crippen molar-refractivity contribution < 1.29 is 12.6 Å². The minimum atomic E-state index is -3.57. The van der Waals surface area contributed by atoms with Crippen LogP contribution in [0.4, 0.5) is 0 Å². The van der Waals surface area contributed by atoms with Crippen molar-refractivity contribution in [3.63, 3.8) is 0 Å². The van der Waals surface area contributed by atoms with E-state index in [-0.39, 0.29) is 10.8 Å². The van der Waals surface area contributed by atoms with Gasteiger partial charge in [0, 0.05) is 6.54 Å². The van der Waals surface area contributed by atoms with E-state index in [4.69, 9.17) is 4.18 Å². The lowest BCUT2D eigenvalue weighted by atomic mass is 9.62. The van der Waals surface area contributed by atoms with Crippen molar-refractivity contribution in [3.05, 3.63) is 0 Å². The lowest BCUT2D eigenvalue weighted by Gasteiger charge is -2.48. The Morgan fingerprint density at radius 3 is 1.60 bits per heavy atom. The Morgan fingerprint density at radius 2 is 1.47 bits per heavy atom. The van der Waals surface area contributed by atoms with Crippen LogP contribution in [-0.2, 0) is 14.5 Å². The predicted octanol–water partition coefficient (Wildman–Crippen LogP) is 1.68. The zero-order chi connectivity index (χ0) is 12.1. The largest absolute Gasteiger partial charge is 0.336 e.